The number of para-hydroxylation sites is 1. The summed E-state index contributed by atoms with van der Waals surface area (Å²) in [6, 6.07) is 10.1. The number of rotatable bonds is 4. The molecule has 1 aromatic heterocycles. The predicted molar refractivity (Wildman–Crippen MR) is 94.0 cm³/mol. The third kappa shape index (κ3) is 3.08. The summed E-state index contributed by atoms with van der Waals surface area (Å²) < 4.78 is 46.1. The van der Waals surface area contributed by atoms with E-state index in [-0.39, 0.29) is 16.3 Å². The zero-order valence-electron chi connectivity index (χ0n) is 13.5. The van der Waals surface area contributed by atoms with E-state index in [9.17, 15) is 17.6 Å². The van der Waals surface area contributed by atoms with Crippen LogP contribution in [0.4, 0.5) is 15.8 Å². The molecule has 3 rings (SSSR count). The zero-order valence-corrected chi connectivity index (χ0v) is 14.3. The number of sulfonamides is 1. The second-order valence-electron chi connectivity index (χ2n) is 5.40. The van der Waals surface area contributed by atoms with Crippen molar-refractivity contribution >= 4 is 32.4 Å². The fourth-order valence-corrected chi connectivity index (χ4v) is 3.88. The minimum Gasteiger partial charge on any atom is -0.421 e. The van der Waals surface area contributed by atoms with Crippen molar-refractivity contribution in [2.24, 2.45) is 0 Å². The van der Waals surface area contributed by atoms with Gasteiger partial charge in [0.1, 0.15) is 11.4 Å². The number of hydrogen-bond acceptors (Lipinski definition) is 5. The second-order valence-corrected chi connectivity index (χ2v) is 7.05. The van der Waals surface area contributed by atoms with Gasteiger partial charge in [0.25, 0.3) is 10.0 Å². The minimum atomic E-state index is -4.18. The fourth-order valence-electron chi connectivity index (χ4n) is 2.55. The predicted octanol–water partition coefficient (Wildman–Crippen LogP) is 3.08. The van der Waals surface area contributed by atoms with Gasteiger partial charge in [0.2, 0.25) is 0 Å². The van der Waals surface area contributed by atoms with Crippen LogP contribution in [0.3, 0.4) is 0 Å². The van der Waals surface area contributed by atoms with Gasteiger partial charge in [-0.3, -0.25) is 4.72 Å². The first-order valence-electron chi connectivity index (χ1n) is 7.36. The van der Waals surface area contributed by atoms with Crippen molar-refractivity contribution in [1.82, 2.24) is 0 Å². The number of fused-ring (bicyclic) bond motifs is 1. The molecular formula is C17H15FN2O4S. The van der Waals surface area contributed by atoms with Crippen molar-refractivity contribution in [3.05, 3.63) is 64.3 Å². The molecule has 0 bridgehead atoms. The Morgan fingerprint density at radius 3 is 2.52 bits per heavy atom. The molecule has 6 nitrogen and oxygen atoms in total. The molecule has 0 aliphatic rings. The summed E-state index contributed by atoms with van der Waals surface area (Å²) in [4.78, 5) is 12.0. The fraction of sp³-hybridized carbons (Fsp3) is 0.118. The summed E-state index contributed by atoms with van der Waals surface area (Å²) in [7, 11) is -2.62. The Bertz CT molecular complexity index is 1120. The smallest absolute Gasteiger partial charge is 0.363 e. The van der Waals surface area contributed by atoms with Gasteiger partial charge in [0.05, 0.1) is 10.6 Å². The van der Waals surface area contributed by atoms with E-state index >= 15 is 0 Å². The van der Waals surface area contributed by atoms with Crippen LogP contribution in [-0.4, -0.2) is 15.5 Å². The average Bonchev–Trinajstić information content (AvgIpc) is 2.57. The lowest BCUT2D eigenvalue weighted by Crippen LogP contribution is -2.21. The highest BCUT2D eigenvalue weighted by molar-refractivity contribution is 7.92. The van der Waals surface area contributed by atoms with E-state index in [0.29, 0.717) is 16.5 Å². The SMILES string of the molecule is CNc1c(NS(=O)(=O)c2cc(F)ccc2C)c(=O)oc2ccccc12. The summed E-state index contributed by atoms with van der Waals surface area (Å²) in [6.45, 7) is 1.54. The maximum absolute atomic E-state index is 13.5. The lowest BCUT2D eigenvalue weighted by atomic mass is 10.2. The van der Waals surface area contributed by atoms with Crippen LogP contribution in [0.1, 0.15) is 5.56 Å². The van der Waals surface area contributed by atoms with Crippen molar-refractivity contribution in [2.75, 3.05) is 17.1 Å². The first kappa shape index (κ1) is 17.0. The standard InChI is InChI=1S/C17H15FN2O4S/c1-10-7-8-11(18)9-14(10)25(22,23)20-16-15(19-2)12-5-3-4-6-13(12)24-17(16)21/h3-9,19-20H,1-2H3. The van der Waals surface area contributed by atoms with Crippen LogP contribution in [0.15, 0.2) is 56.6 Å². The molecule has 130 valence electrons. The maximum atomic E-state index is 13.5. The quantitative estimate of drug-likeness (QED) is 0.697. The van der Waals surface area contributed by atoms with E-state index in [1.54, 1.807) is 31.3 Å². The molecule has 1 heterocycles. The van der Waals surface area contributed by atoms with Crippen molar-refractivity contribution < 1.29 is 17.2 Å². The van der Waals surface area contributed by atoms with Crippen LogP contribution in [-0.2, 0) is 10.0 Å². The summed E-state index contributed by atoms with van der Waals surface area (Å²) in [5.41, 5.74) is -0.151. The zero-order chi connectivity index (χ0) is 18.2. The first-order chi connectivity index (χ1) is 11.8. The number of halogens is 1. The van der Waals surface area contributed by atoms with E-state index in [1.165, 1.54) is 13.0 Å². The van der Waals surface area contributed by atoms with Crippen LogP contribution in [0.2, 0.25) is 0 Å². The van der Waals surface area contributed by atoms with Gasteiger partial charge >= 0.3 is 5.63 Å². The molecule has 0 aliphatic carbocycles. The molecule has 0 unspecified atom stereocenters. The van der Waals surface area contributed by atoms with Crippen molar-refractivity contribution in [3.8, 4) is 0 Å². The maximum Gasteiger partial charge on any atom is 0.363 e. The number of anilines is 2. The molecule has 0 aliphatic heterocycles. The van der Waals surface area contributed by atoms with Crippen LogP contribution < -0.4 is 15.7 Å². The second kappa shape index (κ2) is 6.21. The Kier molecular flexibility index (Phi) is 4.22. The van der Waals surface area contributed by atoms with Crippen molar-refractivity contribution in [2.45, 2.75) is 11.8 Å². The lowest BCUT2D eigenvalue weighted by Gasteiger charge is -2.14. The van der Waals surface area contributed by atoms with Crippen molar-refractivity contribution in [3.63, 3.8) is 0 Å². The Labute approximate surface area is 143 Å². The first-order valence-corrected chi connectivity index (χ1v) is 8.84. The molecule has 0 radical (unpaired) electrons. The molecule has 3 aromatic rings. The molecule has 0 amide bonds. The molecule has 0 saturated carbocycles. The molecule has 0 atom stereocenters. The van der Waals surface area contributed by atoms with Crippen LogP contribution in [0.25, 0.3) is 11.0 Å². The highest BCUT2D eigenvalue weighted by atomic mass is 32.2. The van der Waals surface area contributed by atoms with E-state index < -0.39 is 21.5 Å². The highest BCUT2D eigenvalue weighted by Crippen LogP contribution is 2.30. The monoisotopic (exact) mass is 362 g/mol. The van der Waals surface area contributed by atoms with Crippen LogP contribution in [0, 0.1) is 12.7 Å². The molecule has 25 heavy (non-hydrogen) atoms. The van der Waals surface area contributed by atoms with Gasteiger partial charge in [-0.25, -0.2) is 17.6 Å². The summed E-state index contributed by atoms with van der Waals surface area (Å²) in [6.07, 6.45) is 0. The number of benzene rings is 2. The minimum absolute atomic E-state index is 0.248. The third-order valence-electron chi connectivity index (χ3n) is 3.74. The summed E-state index contributed by atoms with van der Waals surface area (Å²) in [5, 5.41) is 3.36. The van der Waals surface area contributed by atoms with E-state index in [4.69, 9.17) is 4.42 Å². The summed E-state index contributed by atoms with van der Waals surface area (Å²) >= 11 is 0. The largest absolute Gasteiger partial charge is 0.421 e. The van der Waals surface area contributed by atoms with Gasteiger partial charge in [-0.2, -0.15) is 0 Å². The van der Waals surface area contributed by atoms with E-state index in [1.807, 2.05) is 0 Å². The van der Waals surface area contributed by atoms with Crippen molar-refractivity contribution in [1.29, 1.82) is 0 Å². The molecule has 0 fully saturated rings. The Morgan fingerprint density at radius 1 is 1.08 bits per heavy atom. The Balaban J connectivity index is 2.19. The van der Waals surface area contributed by atoms with Gasteiger partial charge in [-0.05, 0) is 36.8 Å². The van der Waals surface area contributed by atoms with Gasteiger partial charge in [0.15, 0.2) is 5.69 Å². The Morgan fingerprint density at radius 2 is 1.80 bits per heavy atom. The molecule has 2 N–H and O–H groups in total. The third-order valence-corrected chi connectivity index (χ3v) is 5.23. The number of nitrogens with one attached hydrogen (secondary N) is 2. The van der Waals surface area contributed by atoms with E-state index in [0.717, 1.165) is 12.1 Å². The topological polar surface area (TPSA) is 88.4 Å². The van der Waals surface area contributed by atoms with Crippen LogP contribution >= 0.6 is 0 Å². The van der Waals surface area contributed by atoms with Gasteiger partial charge in [-0.1, -0.05) is 18.2 Å². The average molecular weight is 362 g/mol. The highest BCUT2D eigenvalue weighted by Gasteiger charge is 2.23. The molecule has 0 saturated heterocycles. The normalized spacial score (nSPS) is 11.5. The van der Waals surface area contributed by atoms with Crippen LogP contribution in [0.5, 0.6) is 0 Å². The molecule has 2 aromatic carbocycles. The molecule has 8 heteroatoms. The van der Waals surface area contributed by atoms with E-state index in [2.05, 4.69) is 10.0 Å². The molecule has 0 spiro atoms. The lowest BCUT2D eigenvalue weighted by molar-refractivity contribution is 0.563. The summed E-state index contributed by atoms with van der Waals surface area (Å²) in [5.74, 6) is -0.689. The van der Waals surface area contributed by atoms with Gasteiger partial charge in [0, 0.05) is 12.4 Å². The number of aryl methyl sites for hydroxylation is 1. The molecular weight excluding hydrogens is 347 g/mol. The number of hydrogen-bond donors (Lipinski definition) is 2. The Hall–Kier alpha value is -2.87. The van der Waals surface area contributed by atoms with Gasteiger partial charge < -0.3 is 9.73 Å². The van der Waals surface area contributed by atoms with Gasteiger partial charge in [-0.15, -0.1) is 0 Å².